The highest BCUT2D eigenvalue weighted by Gasteiger charge is 2.20. The van der Waals surface area contributed by atoms with Crippen LogP contribution in [0.5, 0.6) is 0 Å². The number of hydrogen-bond donors (Lipinski definition) is 1. The molecule has 3 heteroatoms. The number of nitrogens with zero attached hydrogens (tertiary/aromatic N) is 1. The topological polar surface area (TPSA) is 15.3 Å². The normalized spacial score (nSPS) is 15.1. The maximum absolute atomic E-state index is 14.0. The molecule has 0 spiro atoms. The van der Waals surface area contributed by atoms with Gasteiger partial charge in [-0.25, -0.2) is 4.39 Å². The first-order valence-corrected chi connectivity index (χ1v) is 7.45. The standard InChI is InChI=1S/C17H25FN2/c1-4-9-20(13(2)3)12-15-10-14(5-8-17(15)18)11-19-16-6-7-16/h4-5,8,10,13,16,19H,1,6-7,9,11-12H2,2-3H3. The molecular formula is C17H25FN2. The second-order valence-electron chi connectivity index (χ2n) is 5.89. The van der Waals surface area contributed by atoms with E-state index in [4.69, 9.17) is 0 Å². The Morgan fingerprint density at radius 3 is 2.80 bits per heavy atom. The van der Waals surface area contributed by atoms with Crippen LogP contribution in [-0.4, -0.2) is 23.5 Å². The quantitative estimate of drug-likeness (QED) is 0.731. The van der Waals surface area contributed by atoms with Crippen LogP contribution >= 0.6 is 0 Å². The van der Waals surface area contributed by atoms with Gasteiger partial charge >= 0.3 is 0 Å². The van der Waals surface area contributed by atoms with Crippen LogP contribution in [0, 0.1) is 5.82 Å². The third-order valence-corrected chi connectivity index (χ3v) is 3.75. The van der Waals surface area contributed by atoms with Gasteiger partial charge in [-0.15, -0.1) is 6.58 Å². The summed E-state index contributed by atoms with van der Waals surface area (Å²) >= 11 is 0. The van der Waals surface area contributed by atoms with Gasteiger partial charge in [0.15, 0.2) is 0 Å². The van der Waals surface area contributed by atoms with Gasteiger partial charge in [-0.3, -0.25) is 4.90 Å². The Hall–Kier alpha value is -1.19. The van der Waals surface area contributed by atoms with Gasteiger partial charge in [-0.05, 0) is 38.3 Å². The summed E-state index contributed by atoms with van der Waals surface area (Å²) in [7, 11) is 0. The molecule has 0 unspecified atom stereocenters. The van der Waals surface area contributed by atoms with Crippen LogP contribution < -0.4 is 5.32 Å². The van der Waals surface area contributed by atoms with Gasteiger partial charge in [0.05, 0.1) is 0 Å². The lowest BCUT2D eigenvalue weighted by atomic mass is 10.1. The molecule has 1 aromatic carbocycles. The van der Waals surface area contributed by atoms with E-state index in [0.29, 0.717) is 18.6 Å². The predicted molar refractivity (Wildman–Crippen MR) is 82.0 cm³/mol. The molecule has 1 aliphatic carbocycles. The van der Waals surface area contributed by atoms with E-state index in [1.807, 2.05) is 18.2 Å². The lowest BCUT2D eigenvalue weighted by Gasteiger charge is -2.25. The summed E-state index contributed by atoms with van der Waals surface area (Å²) in [6.45, 7) is 10.3. The third-order valence-electron chi connectivity index (χ3n) is 3.75. The molecule has 0 atom stereocenters. The second-order valence-corrected chi connectivity index (χ2v) is 5.89. The number of halogens is 1. The largest absolute Gasteiger partial charge is 0.310 e. The fourth-order valence-electron chi connectivity index (χ4n) is 2.25. The lowest BCUT2D eigenvalue weighted by Crippen LogP contribution is -2.30. The molecule has 1 saturated carbocycles. The first-order chi connectivity index (χ1) is 9.60. The van der Waals surface area contributed by atoms with Crippen LogP contribution in [0.15, 0.2) is 30.9 Å². The molecule has 1 aromatic rings. The number of hydrogen-bond acceptors (Lipinski definition) is 2. The summed E-state index contributed by atoms with van der Waals surface area (Å²) in [6.07, 6.45) is 4.42. The molecule has 0 bridgehead atoms. The maximum Gasteiger partial charge on any atom is 0.127 e. The molecule has 1 aliphatic rings. The molecule has 2 rings (SSSR count). The summed E-state index contributed by atoms with van der Waals surface area (Å²) in [4.78, 5) is 2.21. The van der Waals surface area contributed by atoms with E-state index in [1.165, 1.54) is 12.8 Å². The van der Waals surface area contributed by atoms with E-state index in [2.05, 4.69) is 30.6 Å². The Labute approximate surface area is 121 Å². The molecule has 110 valence electrons. The van der Waals surface area contributed by atoms with E-state index in [1.54, 1.807) is 6.07 Å². The van der Waals surface area contributed by atoms with Gasteiger partial charge in [0.2, 0.25) is 0 Å². The fraction of sp³-hybridized carbons (Fsp3) is 0.529. The van der Waals surface area contributed by atoms with Crippen molar-refractivity contribution in [2.24, 2.45) is 0 Å². The minimum absolute atomic E-state index is 0.116. The van der Waals surface area contributed by atoms with Crippen molar-refractivity contribution in [1.82, 2.24) is 10.2 Å². The number of rotatable bonds is 8. The van der Waals surface area contributed by atoms with Crippen molar-refractivity contribution in [1.29, 1.82) is 0 Å². The summed E-state index contributed by atoms with van der Waals surface area (Å²) in [5, 5.41) is 3.47. The van der Waals surface area contributed by atoms with E-state index in [-0.39, 0.29) is 5.82 Å². The molecule has 1 fully saturated rings. The van der Waals surface area contributed by atoms with Crippen LogP contribution in [-0.2, 0) is 13.1 Å². The summed E-state index contributed by atoms with van der Waals surface area (Å²) in [5.41, 5.74) is 1.94. The highest BCUT2D eigenvalue weighted by atomic mass is 19.1. The Balaban J connectivity index is 2.03. The Morgan fingerprint density at radius 1 is 1.45 bits per heavy atom. The van der Waals surface area contributed by atoms with Gasteiger partial charge in [-0.2, -0.15) is 0 Å². The van der Waals surface area contributed by atoms with E-state index in [0.717, 1.165) is 24.2 Å². The third kappa shape index (κ3) is 4.43. The molecule has 0 aromatic heterocycles. The number of nitrogens with one attached hydrogen (secondary N) is 1. The van der Waals surface area contributed by atoms with E-state index >= 15 is 0 Å². The molecule has 2 nitrogen and oxygen atoms in total. The van der Waals surface area contributed by atoms with Gasteiger partial charge in [-0.1, -0.05) is 18.2 Å². The van der Waals surface area contributed by atoms with E-state index in [9.17, 15) is 4.39 Å². The Bertz CT molecular complexity index is 452. The van der Waals surface area contributed by atoms with Crippen LogP contribution in [0.1, 0.15) is 37.8 Å². The first kappa shape index (κ1) is 15.2. The van der Waals surface area contributed by atoms with Crippen LogP contribution in [0.2, 0.25) is 0 Å². The molecule has 0 amide bonds. The molecule has 0 radical (unpaired) electrons. The zero-order valence-corrected chi connectivity index (χ0v) is 12.5. The summed E-state index contributed by atoms with van der Waals surface area (Å²) in [6, 6.07) is 6.51. The zero-order valence-electron chi connectivity index (χ0n) is 12.5. The smallest absolute Gasteiger partial charge is 0.127 e. The Kier molecular flexibility index (Phi) is 5.32. The van der Waals surface area contributed by atoms with Crippen LogP contribution in [0.25, 0.3) is 0 Å². The van der Waals surface area contributed by atoms with Crippen molar-refractivity contribution >= 4 is 0 Å². The average Bonchev–Trinajstić information content (AvgIpc) is 3.23. The molecule has 0 saturated heterocycles. The maximum atomic E-state index is 14.0. The highest BCUT2D eigenvalue weighted by molar-refractivity contribution is 5.25. The van der Waals surface area contributed by atoms with Crippen molar-refractivity contribution in [3.8, 4) is 0 Å². The molecule has 20 heavy (non-hydrogen) atoms. The lowest BCUT2D eigenvalue weighted by molar-refractivity contribution is 0.234. The zero-order chi connectivity index (χ0) is 14.5. The fourth-order valence-corrected chi connectivity index (χ4v) is 2.25. The molecular weight excluding hydrogens is 251 g/mol. The van der Waals surface area contributed by atoms with Crippen LogP contribution in [0.3, 0.4) is 0 Å². The van der Waals surface area contributed by atoms with Gasteiger partial charge in [0.25, 0.3) is 0 Å². The predicted octanol–water partition coefficient (Wildman–Crippen LogP) is 3.47. The summed E-state index contributed by atoms with van der Waals surface area (Å²) < 4.78 is 14.0. The second kappa shape index (κ2) is 7.00. The molecule has 0 heterocycles. The highest BCUT2D eigenvalue weighted by Crippen LogP contribution is 2.20. The molecule has 0 aliphatic heterocycles. The van der Waals surface area contributed by atoms with Gasteiger partial charge in [0.1, 0.15) is 5.82 Å². The minimum atomic E-state index is -0.116. The van der Waals surface area contributed by atoms with Crippen molar-refractivity contribution in [3.63, 3.8) is 0 Å². The monoisotopic (exact) mass is 276 g/mol. The summed E-state index contributed by atoms with van der Waals surface area (Å²) in [5.74, 6) is -0.116. The van der Waals surface area contributed by atoms with Crippen LogP contribution in [0.4, 0.5) is 4.39 Å². The van der Waals surface area contributed by atoms with Crippen molar-refractivity contribution in [2.45, 2.75) is 51.9 Å². The van der Waals surface area contributed by atoms with E-state index < -0.39 is 0 Å². The van der Waals surface area contributed by atoms with Gasteiger partial charge < -0.3 is 5.32 Å². The Morgan fingerprint density at radius 2 is 2.20 bits per heavy atom. The first-order valence-electron chi connectivity index (χ1n) is 7.45. The SMILES string of the molecule is C=CCN(Cc1cc(CNC2CC2)ccc1F)C(C)C. The van der Waals surface area contributed by atoms with Crippen molar-refractivity contribution in [3.05, 3.63) is 47.8 Å². The van der Waals surface area contributed by atoms with Gasteiger partial charge in [0, 0.05) is 37.3 Å². The van der Waals surface area contributed by atoms with Crippen molar-refractivity contribution < 1.29 is 4.39 Å². The average molecular weight is 276 g/mol. The molecule has 1 N–H and O–H groups in total. The van der Waals surface area contributed by atoms with Crippen molar-refractivity contribution in [2.75, 3.05) is 6.54 Å². The minimum Gasteiger partial charge on any atom is -0.310 e. The number of benzene rings is 1.